The van der Waals surface area contributed by atoms with Gasteiger partial charge in [0.25, 0.3) is 0 Å². The molecule has 1 saturated heterocycles. The molecule has 0 aliphatic carbocycles. The van der Waals surface area contributed by atoms with Gasteiger partial charge in [0, 0.05) is 11.2 Å². The minimum absolute atomic E-state index is 0. The van der Waals surface area contributed by atoms with Gasteiger partial charge in [0.1, 0.15) is 14.5 Å². The molecule has 1 unspecified atom stereocenters. The summed E-state index contributed by atoms with van der Waals surface area (Å²) in [7, 11) is -2.99. The molecule has 18 heavy (non-hydrogen) atoms. The van der Waals surface area contributed by atoms with Crippen LogP contribution < -0.4 is 10.5 Å². The van der Waals surface area contributed by atoms with Crippen LogP contribution in [0.5, 0.6) is 0 Å². The van der Waals surface area contributed by atoms with E-state index in [4.69, 9.17) is 5.14 Å². The summed E-state index contributed by atoms with van der Waals surface area (Å²) in [5.41, 5.74) is 0.675. The van der Waals surface area contributed by atoms with Gasteiger partial charge in [-0.1, -0.05) is 6.07 Å². The first-order chi connectivity index (χ1) is 7.98. The van der Waals surface area contributed by atoms with Crippen LogP contribution in [0.1, 0.15) is 24.3 Å². The SMILES string of the molecule is Cl.NS(=O)(=S)c1ccc(C2CCNCC2)c(F)c1. The van der Waals surface area contributed by atoms with E-state index in [0.29, 0.717) is 5.56 Å². The van der Waals surface area contributed by atoms with Crippen molar-refractivity contribution in [1.29, 1.82) is 0 Å². The molecule has 7 heteroatoms. The smallest absolute Gasteiger partial charge is 0.127 e. The minimum Gasteiger partial charge on any atom is -0.317 e. The molecule has 1 aliphatic rings. The number of rotatable bonds is 2. The summed E-state index contributed by atoms with van der Waals surface area (Å²) in [4.78, 5) is 0.197. The van der Waals surface area contributed by atoms with Crippen LogP contribution in [0.4, 0.5) is 4.39 Å². The average molecular weight is 311 g/mol. The van der Waals surface area contributed by atoms with E-state index in [0.717, 1.165) is 25.9 Å². The van der Waals surface area contributed by atoms with E-state index in [-0.39, 0.29) is 29.0 Å². The lowest BCUT2D eigenvalue weighted by Crippen LogP contribution is -2.27. The summed E-state index contributed by atoms with van der Waals surface area (Å²) in [6.07, 6.45) is 1.84. The predicted octanol–water partition coefficient (Wildman–Crippen LogP) is 1.69. The predicted molar refractivity (Wildman–Crippen MR) is 76.5 cm³/mol. The molecule has 1 aliphatic heterocycles. The molecule has 0 amide bonds. The quantitative estimate of drug-likeness (QED) is 0.874. The summed E-state index contributed by atoms with van der Waals surface area (Å²) >= 11 is 4.64. The topological polar surface area (TPSA) is 55.1 Å². The second-order valence-electron chi connectivity index (χ2n) is 4.25. The van der Waals surface area contributed by atoms with Crippen LogP contribution in [0.15, 0.2) is 23.1 Å². The summed E-state index contributed by atoms with van der Waals surface area (Å²) < 4.78 is 25.4. The van der Waals surface area contributed by atoms with Gasteiger partial charge in [-0.3, -0.25) is 0 Å². The molecule has 1 fully saturated rings. The summed E-state index contributed by atoms with van der Waals surface area (Å²) in [6, 6.07) is 4.46. The normalized spacial score (nSPS) is 19.9. The highest BCUT2D eigenvalue weighted by Crippen LogP contribution is 2.28. The Bertz CT molecular complexity index is 516. The third-order valence-electron chi connectivity index (χ3n) is 3.08. The number of piperidine rings is 1. The van der Waals surface area contributed by atoms with E-state index in [1.54, 1.807) is 12.1 Å². The lowest BCUT2D eigenvalue weighted by molar-refractivity contribution is 0.444. The van der Waals surface area contributed by atoms with Gasteiger partial charge in [-0.25, -0.2) is 13.7 Å². The van der Waals surface area contributed by atoms with Crippen molar-refractivity contribution < 1.29 is 8.60 Å². The number of halogens is 2. The lowest BCUT2D eigenvalue weighted by Gasteiger charge is -2.23. The minimum atomic E-state index is -2.99. The molecule has 3 N–H and O–H groups in total. The van der Waals surface area contributed by atoms with Crippen LogP contribution in [-0.4, -0.2) is 17.3 Å². The average Bonchev–Trinajstić information content (AvgIpc) is 2.29. The summed E-state index contributed by atoms with van der Waals surface area (Å²) in [5.74, 6) is -0.123. The van der Waals surface area contributed by atoms with Gasteiger partial charge in [-0.05, 0) is 49.5 Å². The maximum absolute atomic E-state index is 13.9. The van der Waals surface area contributed by atoms with Crippen molar-refractivity contribution in [3.05, 3.63) is 29.6 Å². The number of nitrogens with two attached hydrogens (primary N) is 1. The van der Waals surface area contributed by atoms with E-state index < -0.39 is 8.68 Å². The lowest BCUT2D eigenvalue weighted by atomic mass is 9.90. The largest absolute Gasteiger partial charge is 0.317 e. The Morgan fingerprint density at radius 1 is 1.39 bits per heavy atom. The number of nitrogens with one attached hydrogen (secondary N) is 1. The molecule has 0 aromatic heterocycles. The van der Waals surface area contributed by atoms with Gasteiger partial charge < -0.3 is 5.32 Å². The maximum atomic E-state index is 13.9. The fraction of sp³-hybridized carbons (Fsp3) is 0.455. The number of benzene rings is 1. The van der Waals surface area contributed by atoms with Gasteiger partial charge in [0.05, 0.1) is 4.90 Å². The highest BCUT2D eigenvalue weighted by molar-refractivity contribution is 8.31. The molecule has 1 aromatic carbocycles. The molecule has 1 atom stereocenters. The van der Waals surface area contributed by atoms with Gasteiger partial charge in [-0.15, -0.1) is 12.4 Å². The van der Waals surface area contributed by atoms with Crippen LogP contribution >= 0.6 is 12.4 Å². The van der Waals surface area contributed by atoms with Crippen molar-refractivity contribution in [1.82, 2.24) is 5.32 Å². The highest BCUT2D eigenvalue weighted by Gasteiger charge is 2.19. The van der Waals surface area contributed by atoms with E-state index in [1.165, 1.54) is 6.07 Å². The van der Waals surface area contributed by atoms with E-state index in [2.05, 4.69) is 16.5 Å². The van der Waals surface area contributed by atoms with Crippen LogP contribution in [0.25, 0.3) is 0 Å². The Balaban J connectivity index is 0.00000162. The second-order valence-corrected chi connectivity index (χ2v) is 7.30. The molecule has 0 spiro atoms. The van der Waals surface area contributed by atoms with Crippen LogP contribution in [0.2, 0.25) is 0 Å². The van der Waals surface area contributed by atoms with Gasteiger partial charge in [0.2, 0.25) is 0 Å². The van der Waals surface area contributed by atoms with Crippen LogP contribution in [0, 0.1) is 5.82 Å². The molecule has 0 radical (unpaired) electrons. The zero-order chi connectivity index (χ0) is 12.5. The fourth-order valence-corrected chi connectivity index (χ4v) is 2.99. The molecule has 3 nitrogen and oxygen atoms in total. The number of hydrogen-bond acceptors (Lipinski definition) is 3. The molecule has 0 saturated carbocycles. The summed E-state index contributed by atoms with van der Waals surface area (Å²) in [5, 5.41) is 8.55. The van der Waals surface area contributed by atoms with Crippen molar-refractivity contribution >= 4 is 32.3 Å². The zero-order valence-corrected chi connectivity index (χ0v) is 12.2. The Hall–Kier alpha value is -0.270. The zero-order valence-electron chi connectivity index (χ0n) is 9.73. The van der Waals surface area contributed by atoms with Gasteiger partial charge >= 0.3 is 0 Å². The highest BCUT2D eigenvalue weighted by atomic mass is 35.5. The first-order valence-electron chi connectivity index (χ1n) is 5.51. The van der Waals surface area contributed by atoms with Crippen LogP contribution in [-0.2, 0) is 19.9 Å². The van der Waals surface area contributed by atoms with Gasteiger partial charge in [0.15, 0.2) is 0 Å². The molecule has 2 rings (SSSR count). The van der Waals surface area contributed by atoms with Crippen molar-refractivity contribution in [3.8, 4) is 0 Å². The third-order valence-corrected chi connectivity index (χ3v) is 4.57. The van der Waals surface area contributed by atoms with E-state index >= 15 is 0 Å². The Morgan fingerprint density at radius 2 is 2.00 bits per heavy atom. The second kappa shape index (κ2) is 6.25. The molecule has 1 heterocycles. The molecular formula is C11H16ClFN2OS2. The Morgan fingerprint density at radius 3 is 2.50 bits per heavy atom. The van der Waals surface area contributed by atoms with Crippen molar-refractivity contribution in [2.24, 2.45) is 5.14 Å². The van der Waals surface area contributed by atoms with Crippen molar-refractivity contribution in [2.45, 2.75) is 23.7 Å². The van der Waals surface area contributed by atoms with Crippen molar-refractivity contribution in [3.63, 3.8) is 0 Å². The Kier molecular flexibility index (Phi) is 5.48. The maximum Gasteiger partial charge on any atom is 0.127 e. The molecule has 102 valence electrons. The fourth-order valence-electron chi connectivity index (χ4n) is 2.15. The first-order valence-corrected chi connectivity index (χ1v) is 8.06. The van der Waals surface area contributed by atoms with Crippen molar-refractivity contribution in [2.75, 3.05) is 13.1 Å². The van der Waals surface area contributed by atoms with E-state index in [9.17, 15) is 8.60 Å². The summed E-state index contributed by atoms with van der Waals surface area (Å²) in [6.45, 7) is 1.81. The monoisotopic (exact) mass is 310 g/mol. The third kappa shape index (κ3) is 3.61. The Labute approximate surface area is 118 Å². The molecule has 0 bridgehead atoms. The molecular weight excluding hydrogens is 295 g/mol. The van der Waals surface area contributed by atoms with Crippen LogP contribution in [0.3, 0.4) is 0 Å². The van der Waals surface area contributed by atoms with E-state index in [1.807, 2.05) is 0 Å². The van der Waals surface area contributed by atoms with Gasteiger partial charge in [-0.2, -0.15) is 0 Å². The molecule has 1 aromatic rings. The standard InChI is InChI=1S/C11H15FN2OS2.ClH/c12-11-7-9(17(13,15)16)1-2-10(11)8-3-5-14-6-4-8;/h1-2,7-8,14H,3-6H2,(H2,13,15,16);1H. The first kappa shape index (κ1) is 15.8. The number of hydrogen-bond donors (Lipinski definition) is 2.